The second kappa shape index (κ2) is 10.3. The SMILES string of the molecule is CCCCOc1ccc(S(=O)(=O)N[C@@H](CCCCN)C(=O)O)cc1. The summed E-state index contributed by atoms with van der Waals surface area (Å²) in [4.78, 5) is 11.2. The zero-order valence-electron chi connectivity index (χ0n) is 13.9. The van der Waals surface area contributed by atoms with Crippen LogP contribution in [-0.4, -0.2) is 38.7 Å². The lowest BCUT2D eigenvalue weighted by Crippen LogP contribution is -2.40. The summed E-state index contributed by atoms with van der Waals surface area (Å²) in [6.45, 7) is 3.07. The van der Waals surface area contributed by atoms with Gasteiger partial charge in [-0.25, -0.2) is 8.42 Å². The quantitative estimate of drug-likeness (QED) is 0.490. The molecule has 4 N–H and O–H groups in total. The maximum Gasteiger partial charge on any atom is 0.321 e. The number of rotatable bonds is 12. The molecule has 0 fully saturated rings. The Hall–Kier alpha value is -1.64. The van der Waals surface area contributed by atoms with Crippen molar-refractivity contribution in [1.82, 2.24) is 4.72 Å². The van der Waals surface area contributed by atoms with Gasteiger partial charge in [-0.15, -0.1) is 0 Å². The van der Waals surface area contributed by atoms with Crippen LogP contribution in [0.2, 0.25) is 0 Å². The number of aliphatic carboxylic acids is 1. The van der Waals surface area contributed by atoms with E-state index in [0.717, 1.165) is 12.8 Å². The minimum absolute atomic E-state index is 0.00964. The van der Waals surface area contributed by atoms with E-state index in [1.165, 1.54) is 12.1 Å². The largest absolute Gasteiger partial charge is 0.494 e. The van der Waals surface area contributed by atoms with Crippen molar-refractivity contribution in [3.63, 3.8) is 0 Å². The molecule has 1 aromatic rings. The van der Waals surface area contributed by atoms with Gasteiger partial charge in [0, 0.05) is 0 Å². The van der Waals surface area contributed by atoms with E-state index < -0.39 is 22.0 Å². The summed E-state index contributed by atoms with van der Waals surface area (Å²) in [5, 5.41) is 9.17. The molecule has 1 aromatic carbocycles. The third-order valence-electron chi connectivity index (χ3n) is 3.44. The molecule has 0 saturated carbocycles. The first-order valence-corrected chi connectivity index (χ1v) is 9.57. The van der Waals surface area contributed by atoms with Crippen molar-refractivity contribution >= 4 is 16.0 Å². The van der Waals surface area contributed by atoms with E-state index in [1.54, 1.807) is 12.1 Å². The predicted octanol–water partition coefficient (Wildman–Crippen LogP) is 1.73. The highest BCUT2D eigenvalue weighted by Crippen LogP contribution is 2.17. The molecule has 0 amide bonds. The number of sulfonamides is 1. The first kappa shape index (κ1) is 20.4. The third kappa shape index (κ3) is 6.86. The number of carbonyl (C=O) groups is 1. The number of hydrogen-bond donors (Lipinski definition) is 3. The number of benzene rings is 1. The summed E-state index contributed by atoms with van der Waals surface area (Å²) < 4.78 is 32.3. The predicted molar refractivity (Wildman–Crippen MR) is 91.5 cm³/mol. The van der Waals surface area contributed by atoms with Gasteiger partial charge < -0.3 is 15.6 Å². The number of nitrogens with two attached hydrogens (primary N) is 1. The monoisotopic (exact) mass is 358 g/mol. The van der Waals surface area contributed by atoms with Gasteiger partial charge in [-0.1, -0.05) is 19.8 Å². The lowest BCUT2D eigenvalue weighted by molar-refractivity contribution is -0.139. The molecule has 0 heterocycles. The minimum Gasteiger partial charge on any atom is -0.494 e. The topological polar surface area (TPSA) is 119 Å². The fraction of sp³-hybridized carbons (Fsp3) is 0.562. The van der Waals surface area contributed by atoms with E-state index >= 15 is 0 Å². The third-order valence-corrected chi connectivity index (χ3v) is 4.93. The first-order chi connectivity index (χ1) is 11.4. The Balaban J connectivity index is 2.73. The Labute approximate surface area is 143 Å². The molecule has 0 aliphatic heterocycles. The van der Waals surface area contributed by atoms with E-state index in [4.69, 9.17) is 15.6 Å². The molecule has 1 atom stereocenters. The molecule has 24 heavy (non-hydrogen) atoms. The molecule has 1 rings (SSSR count). The molecule has 0 bridgehead atoms. The number of hydrogen-bond acceptors (Lipinski definition) is 5. The van der Waals surface area contributed by atoms with Crippen LogP contribution in [0.15, 0.2) is 29.2 Å². The second-order valence-electron chi connectivity index (χ2n) is 5.47. The summed E-state index contributed by atoms with van der Waals surface area (Å²) >= 11 is 0. The fourth-order valence-corrected chi connectivity index (χ4v) is 3.25. The van der Waals surface area contributed by atoms with Crippen LogP contribution >= 0.6 is 0 Å². The van der Waals surface area contributed by atoms with Crippen LogP contribution < -0.4 is 15.2 Å². The zero-order chi connectivity index (χ0) is 18.0. The summed E-state index contributed by atoms with van der Waals surface area (Å²) in [6.07, 6.45) is 3.32. The smallest absolute Gasteiger partial charge is 0.321 e. The lowest BCUT2D eigenvalue weighted by Gasteiger charge is -2.15. The number of carboxylic acids is 1. The lowest BCUT2D eigenvalue weighted by atomic mass is 10.1. The maximum atomic E-state index is 12.3. The van der Waals surface area contributed by atoms with E-state index in [-0.39, 0.29) is 11.3 Å². The zero-order valence-corrected chi connectivity index (χ0v) is 14.7. The van der Waals surface area contributed by atoms with E-state index in [2.05, 4.69) is 11.6 Å². The van der Waals surface area contributed by atoms with E-state index in [0.29, 0.717) is 31.7 Å². The fourth-order valence-electron chi connectivity index (χ4n) is 2.03. The van der Waals surface area contributed by atoms with Gasteiger partial charge in [0.1, 0.15) is 11.8 Å². The maximum absolute atomic E-state index is 12.3. The summed E-state index contributed by atoms with van der Waals surface area (Å²) in [5.74, 6) is -0.616. The molecule has 0 unspecified atom stereocenters. The van der Waals surface area contributed by atoms with Crippen molar-refractivity contribution in [2.75, 3.05) is 13.2 Å². The van der Waals surface area contributed by atoms with Gasteiger partial charge in [0.25, 0.3) is 0 Å². The Morgan fingerprint density at radius 1 is 1.25 bits per heavy atom. The molecule has 7 nitrogen and oxygen atoms in total. The molecule has 0 saturated heterocycles. The van der Waals surface area contributed by atoms with E-state index in [1.807, 2.05) is 0 Å². The molecular weight excluding hydrogens is 332 g/mol. The van der Waals surface area contributed by atoms with Gasteiger partial charge in [-0.05, 0) is 50.1 Å². The molecule has 0 aliphatic carbocycles. The van der Waals surface area contributed by atoms with Gasteiger partial charge in [0.05, 0.1) is 11.5 Å². The van der Waals surface area contributed by atoms with Crippen LogP contribution in [0.4, 0.5) is 0 Å². The van der Waals surface area contributed by atoms with E-state index in [9.17, 15) is 13.2 Å². The van der Waals surface area contributed by atoms with Crippen LogP contribution in [0.3, 0.4) is 0 Å². The normalized spacial score (nSPS) is 12.8. The molecule has 136 valence electrons. The van der Waals surface area contributed by atoms with Crippen molar-refractivity contribution < 1.29 is 23.1 Å². The molecule has 0 aromatic heterocycles. The average molecular weight is 358 g/mol. The molecule has 8 heteroatoms. The number of nitrogens with one attached hydrogen (secondary N) is 1. The number of unbranched alkanes of at least 4 members (excludes halogenated alkanes) is 2. The van der Waals surface area contributed by atoms with Crippen LogP contribution in [0.1, 0.15) is 39.0 Å². The van der Waals surface area contributed by atoms with Crippen LogP contribution in [0.5, 0.6) is 5.75 Å². The summed E-state index contributed by atoms with van der Waals surface area (Å²) in [5.41, 5.74) is 5.37. The first-order valence-electron chi connectivity index (χ1n) is 8.08. The van der Waals surface area contributed by atoms with Crippen LogP contribution in [0, 0.1) is 0 Å². The molecule has 0 spiro atoms. The van der Waals surface area contributed by atoms with Gasteiger partial charge in [-0.3, -0.25) is 4.79 Å². The molecular formula is C16H26N2O5S. The van der Waals surface area contributed by atoms with Gasteiger partial charge >= 0.3 is 5.97 Å². The molecule has 0 radical (unpaired) electrons. The minimum atomic E-state index is -3.90. The van der Waals surface area contributed by atoms with Crippen molar-refractivity contribution in [3.05, 3.63) is 24.3 Å². The highest BCUT2D eigenvalue weighted by Gasteiger charge is 2.24. The Morgan fingerprint density at radius 2 is 1.92 bits per heavy atom. The highest BCUT2D eigenvalue weighted by atomic mass is 32.2. The van der Waals surface area contributed by atoms with Crippen molar-refractivity contribution in [2.45, 2.75) is 50.0 Å². The van der Waals surface area contributed by atoms with Crippen molar-refractivity contribution in [2.24, 2.45) is 5.73 Å². The van der Waals surface area contributed by atoms with Crippen LogP contribution in [-0.2, 0) is 14.8 Å². The van der Waals surface area contributed by atoms with Crippen LogP contribution in [0.25, 0.3) is 0 Å². The Bertz CT molecular complexity index is 601. The Kier molecular flexibility index (Phi) is 8.73. The van der Waals surface area contributed by atoms with Crippen molar-refractivity contribution in [1.29, 1.82) is 0 Å². The standard InChI is InChI=1S/C16H26N2O5S/c1-2-3-12-23-13-7-9-14(10-8-13)24(21,22)18-15(16(19)20)6-4-5-11-17/h7-10,15,18H,2-6,11-12,17H2,1H3,(H,19,20)/t15-/m0/s1. The van der Waals surface area contributed by atoms with Gasteiger partial charge in [-0.2, -0.15) is 4.72 Å². The highest BCUT2D eigenvalue weighted by molar-refractivity contribution is 7.89. The number of ether oxygens (including phenoxy) is 1. The summed E-state index contributed by atoms with van der Waals surface area (Å²) in [6, 6.07) is 4.77. The average Bonchev–Trinajstić information content (AvgIpc) is 2.54. The van der Waals surface area contributed by atoms with Crippen molar-refractivity contribution in [3.8, 4) is 5.75 Å². The van der Waals surface area contributed by atoms with Gasteiger partial charge in [0.2, 0.25) is 10.0 Å². The second-order valence-corrected chi connectivity index (χ2v) is 7.18. The summed E-state index contributed by atoms with van der Waals surface area (Å²) in [7, 11) is -3.90. The number of carboxylic acid groups (broad SMARTS) is 1. The molecule has 0 aliphatic rings. The van der Waals surface area contributed by atoms with Gasteiger partial charge in [0.15, 0.2) is 0 Å². The Morgan fingerprint density at radius 3 is 2.46 bits per heavy atom.